The smallest absolute Gasteiger partial charge is 0.407 e. The van der Waals surface area contributed by atoms with Crippen LogP contribution in [0, 0.1) is 0 Å². The molecule has 28 heavy (non-hydrogen) atoms. The summed E-state index contributed by atoms with van der Waals surface area (Å²) in [4.78, 5) is 38.3. The van der Waals surface area contributed by atoms with Crippen molar-refractivity contribution >= 4 is 18.0 Å². The maximum absolute atomic E-state index is 12.2. The van der Waals surface area contributed by atoms with Crippen LogP contribution >= 0.6 is 0 Å². The number of carboxylic acid groups (broad SMARTS) is 1. The van der Waals surface area contributed by atoms with Gasteiger partial charge in [0.05, 0.1) is 0 Å². The lowest BCUT2D eigenvalue weighted by Crippen LogP contribution is -2.49. The Balaban J connectivity index is 1.67. The number of nitrogens with one attached hydrogen (secondary N) is 1. The molecular formula is C19H28N4O5. The maximum Gasteiger partial charge on any atom is 0.407 e. The second-order valence-corrected chi connectivity index (χ2v) is 6.94. The van der Waals surface area contributed by atoms with Gasteiger partial charge in [-0.25, -0.2) is 4.79 Å². The number of nitrogens with zero attached hydrogens (tertiary/aromatic N) is 2. The molecule has 154 valence electrons. The number of hydrogen-bond acceptors (Lipinski definition) is 6. The Morgan fingerprint density at radius 3 is 2.75 bits per heavy atom. The van der Waals surface area contributed by atoms with Crippen LogP contribution in [0.25, 0.3) is 0 Å². The van der Waals surface area contributed by atoms with Gasteiger partial charge in [-0.05, 0) is 24.9 Å². The quantitative estimate of drug-likeness (QED) is 0.550. The molecular weight excluding hydrogens is 364 g/mol. The van der Waals surface area contributed by atoms with Crippen molar-refractivity contribution in [1.29, 1.82) is 0 Å². The molecule has 0 bridgehead atoms. The number of benzene rings is 1. The van der Waals surface area contributed by atoms with E-state index in [-0.39, 0.29) is 31.6 Å². The van der Waals surface area contributed by atoms with Crippen LogP contribution in [0.15, 0.2) is 30.3 Å². The third-order valence-corrected chi connectivity index (χ3v) is 4.65. The Bertz CT molecular complexity index is 670. The molecule has 4 N–H and O–H groups in total. The molecule has 1 aromatic carbocycles. The predicted octanol–water partition coefficient (Wildman–Crippen LogP) is 0.248. The lowest BCUT2D eigenvalue weighted by Gasteiger charge is -2.27. The number of hydrogen-bond donors (Lipinski definition) is 3. The second kappa shape index (κ2) is 10.6. The van der Waals surface area contributed by atoms with Crippen molar-refractivity contribution in [2.24, 2.45) is 5.73 Å². The van der Waals surface area contributed by atoms with Gasteiger partial charge in [-0.1, -0.05) is 30.3 Å². The van der Waals surface area contributed by atoms with Gasteiger partial charge in [-0.2, -0.15) is 0 Å². The van der Waals surface area contributed by atoms with Gasteiger partial charge >= 0.3 is 12.1 Å². The van der Waals surface area contributed by atoms with Crippen molar-refractivity contribution in [3.8, 4) is 0 Å². The number of nitrogens with two attached hydrogens (primary N) is 1. The molecule has 1 aromatic rings. The molecule has 1 saturated heterocycles. The maximum atomic E-state index is 12.2. The van der Waals surface area contributed by atoms with Crippen molar-refractivity contribution in [3.05, 3.63) is 35.9 Å². The zero-order chi connectivity index (χ0) is 20.5. The van der Waals surface area contributed by atoms with Gasteiger partial charge < -0.3 is 25.8 Å². The zero-order valence-electron chi connectivity index (χ0n) is 16.0. The van der Waals surface area contributed by atoms with Gasteiger partial charge in [0.15, 0.2) is 0 Å². The SMILES string of the molecule is CN(CC(N)CN1CCC[C@H]1C(=O)O)C(=O)CNC(=O)OCc1ccccc1. The van der Waals surface area contributed by atoms with Crippen molar-refractivity contribution in [1.82, 2.24) is 15.1 Å². The normalized spacial score (nSPS) is 17.7. The van der Waals surface area contributed by atoms with E-state index in [1.807, 2.05) is 35.2 Å². The highest BCUT2D eigenvalue weighted by molar-refractivity contribution is 5.82. The molecule has 1 aliphatic heterocycles. The molecule has 9 heteroatoms. The first-order valence-electron chi connectivity index (χ1n) is 9.27. The van der Waals surface area contributed by atoms with E-state index < -0.39 is 18.1 Å². The minimum Gasteiger partial charge on any atom is -0.480 e. The van der Waals surface area contributed by atoms with Crippen LogP contribution < -0.4 is 11.1 Å². The molecule has 1 aliphatic rings. The van der Waals surface area contributed by atoms with Crippen LogP contribution in [0.1, 0.15) is 18.4 Å². The first-order valence-corrected chi connectivity index (χ1v) is 9.27. The molecule has 0 spiro atoms. The highest BCUT2D eigenvalue weighted by Crippen LogP contribution is 2.17. The van der Waals surface area contributed by atoms with Gasteiger partial charge in [0.2, 0.25) is 5.91 Å². The van der Waals surface area contributed by atoms with Crippen molar-refractivity contribution in [2.45, 2.75) is 31.5 Å². The van der Waals surface area contributed by atoms with E-state index in [9.17, 15) is 19.5 Å². The Morgan fingerprint density at radius 2 is 2.07 bits per heavy atom. The summed E-state index contributed by atoms with van der Waals surface area (Å²) in [6.07, 6.45) is 0.774. The number of amides is 2. The number of aliphatic carboxylic acids is 1. The van der Waals surface area contributed by atoms with Crippen molar-refractivity contribution in [2.75, 3.05) is 33.2 Å². The number of likely N-dealkylation sites (N-methyl/N-ethyl adjacent to an activating group) is 1. The number of rotatable bonds is 9. The van der Waals surface area contributed by atoms with Gasteiger partial charge in [0, 0.05) is 26.2 Å². The van der Waals surface area contributed by atoms with E-state index in [2.05, 4.69) is 5.32 Å². The van der Waals surface area contributed by atoms with Gasteiger partial charge in [-0.15, -0.1) is 0 Å². The highest BCUT2D eigenvalue weighted by Gasteiger charge is 2.31. The first kappa shape index (κ1) is 21.6. The third kappa shape index (κ3) is 6.82. The van der Waals surface area contributed by atoms with E-state index in [1.165, 1.54) is 4.90 Å². The summed E-state index contributed by atoms with van der Waals surface area (Å²) >= 11 is 0. The average Bonchev–Trinajstić information content (AvgIpc) is 3.13. The van der Waals surface area contributed by atoms with Crippen LogP contribution in [0.3, 0.4) is 0 Å². The fourth-order valence-electron chi connectivity index (χ4n) is 3.19. The Kier molecular flexibility index (Phi) is 8.21. The minimum absolute atomic E-state index is 0.127. The van der Waals surface area contributed by atoms with Crippen LogP contribution in [0.4, 0.5) is 4.79 Å². The molecule has 2 rings (SSSR count). The summed E-state index contributed by atoms with van der Waals surface area (Å²) in [5.74, 6) is -1.14. The monoisotopic (exact) mass is 392 g/mol. The fourth-order valence-corrected chi connectivity index (χ4v) is 3.19. The zero-order valence-corrected chi connectivity index (χ0v) is 16.0. The van der Waals surface area contributed by atoms with E-state index in [0.717, 1.165) is 12.0 Å². The molecule has 0 radical (unpaired) electrons. The molecule has 1 unspecified atom stereocenters. The summed E-state index contributed by atoms with van der Waals surface area (Å²) < 4.78 is 5.05. The average molecular weight is 392 g/mol. The van der Waals surface area contributed by atoms with Crippen molar-refractivity contribution < 1.29 is 24.2 Å². The molecule has 1 fully saturated rings. The summed E-state index contributed by atoms with van der Waals surface area (Å²) in [5, 5.41) is 11.6. The van der Waals surface area contributed by atoms with Crippen LogP contribution in [-0.4, -0.2) is 78.2 Å². The van der Waals surface area contributed by atoms with Gasteiger partial charge in [0.25, 0.3) is 0 Å². The van der Waals surface area contributed by atoms with E-state index in [4.69, 9.17) is 10.5 Å². The third-order valence-electron chi connectivity index (χ3n) is 4.65. The summed E-state index contributed by atoms with van der Waals surface area (Å²) in [6, 6.07) is 8.35. The molecule has 2 amide bonds. The molecule has 9 nitrogen and oxygen atoms in total. The van der Waals surface area contributed by atoms with Gasteiger partial charge in [0.1, 0.15) is 19.2 Å². The first-order chi connectivity index (χ1) is 13.4. The lowest BCUT2D eigenvalue weighted by molar-refractivity contribution is -0.142. The Labute approximate surface area is 164 Å². The molecule has 0 aromatic heterocycles. The topological polar surface area (TPSA) is 125 Å². The van der Waals surface area contributed by atoms with Crippen LogP contribution in [0.2, 0.25) is 0 Å². The predicted molar refractivity (Wildman–Crippen MR) is 102 cm³/mol. The fraction of sp³-hybridized carbons (Fsp3) is 0.526. The van der Waals surface area contributed by atoms with E-state index in [0.29, 0.717) is 19.5 Å². The largest absolute Gasteiger partial charge is 0.480 e. The van der Waals surface area contributed by atoms with Gasteiger partial charge in [-0.3, -0.25) is 14.5 Å². The second-order valence-electron chi connectivity index (χ2n) is 6.94. The Morgan fingerprint density at radius 1 is 1.36 bits per heavy atom. The molecule has 1 heterocycles. The standard InChI is InChI=1S/C19H28N4O5/c1-22(11-15(20)12-23-9-5-8-16(23)18(25)26)17(24)10-21-19(27)28-13-14-6-3-2-4-7-14/h2-4,6-7,15-16H,5,8-13,20H2,1H3,(H,21,27)(H,25,26)/t15?,16-/m0/s1. The molecule has 0 aliphatic carbocycles. The van der Waals surface area contributed by atoms with Crippen LogP contribution in [-0.2, 0) is 20.9 Å². The summed E-state index contributed by atoms with van der Waals surface area (Å²) in [6.45, 7) is 1.29. The van der Waals surface area contributed by atoms with E-state index >= 15 is 0 Å². The van der Waals surface area contributed by atoms with Crippen LogP contribution in [0.5, 0.6) is 0 Å². The number of carbonyl (C=O) groups is 3. The Hall–Kier alpha value is -2.65. The minimum atomic E-state index is -0.840. The van der Waals surface area contributed by atoms with E-state index in [1.54, 1.807) is 7.05 Å². The summed E-state index contributed by atoms with van der Waals surface area (Å²) in [5.41, 5.74) is 6.94. The highest BCUT2D eigenvalue weighted by atomic mass is 16.5. The number of ether oxygens (including phenoxy) is 1. The number of carboxylic acids is 1. The molecule has 2 atom stereocenters. The number of carbonyl (C=O) groups excluding carboxylic acids is 2. The summed E-state index contributed by atoms with van der Waals surface area (Å²) in [7, 11) is 1.60. The van der Waals surface area contributed by atoms with Crippen molar-refractivity contribution in [3.63, 3.8) is 0 Å². The number of likely N-dealkylation sites (tertiary alicyclic amines) is 1. The number of alkyl carbamates (subject to hydrolysis) is 1. The molecule has 0 saturated carbocycles. The lowest BCUT2D eigenvalue weighted by atomic mass is 10.2.